The van der Waals surface area contributed by atoms with E-state index in [-0.39, 0.29) is 11.7 Å². The fourth-order valence-corrected chi connectivity index (χ4v) is 2.86. The van der Waals surface area contributed by atoms with Gasteiger partial charge in [0.25, 0.3) is 5.91 Å². The molecule has 3 N–H and O–H groups in total. The first-order chi connectivity index (χ1) is 10.1. The molecule has 2 rings (SSSR count). The Bertz CT molecular complexity index is 492. The Hall–Kier alpha value is -1.59. The maximum atomic E-state index is 12.5. The van der Waals surface area contributed by atoms with Crippen LogP contribution in [0.25, 0.3) is 0 Å². The van der Waals surface area contributed by atoms with E-state index in [1.54, 1.807) is 12.1 Å². The van der Waals surface area contributed by atoms with Gasteiger partial charge in [-0.1, -0.05) is 13.0 Å². The van der Waals surface area contributed by atoms with E-state index in [0.717, 1.165) is 25.1 Å². The van der Waals surface area contributed by atoms with Gasteiger partial charge in [0.05, 0.1) is 5.56 Å². The average molecular weight is 291 g/mol. The molecule has 21 heavy (non-hydrogen) atoms. The lowest BCUT2D eigenvalue weighted by Crippen LogP contribution is -2.53. The van der Waals surface area contributed by atoms with Crippen LogP contribution in [-0.4, -0.2) is 59.6 Å². The molecule has 0 spiro atoms. The summed E-state index contributed by atoms with van der Waals surface area (Å²) in [6, 6.07) is 5.58. The highest BCUT2D eigenvalue weighted by atomic mass is 16.3. The van der Waals surface area contributed by atoms with E-state index in [1.165, 1.54) is 0 Å². The fraction of sp³-hybridized carbons (Fsp3) is 0.562. The Morgan fingerprint density at radius 2 is 2.00 bits per heavy atom. The van der Waals surface area contributed by atoms with Gasteiger partial charge in [0, 0.05) is 38.8 Å². The molecule has 1 amide bonds. The molecule has 0 aromatic heterocycles. The Kier molecular flexibility index (Phi) is 5.20. The van der Waals surface area contributed by atoms with Crippen molar-refractivity contribution in [2.75, 3.05) is 32.7 Å². The summed E-state index contributed by atoms with van der Waals surface area (Å²) in [6.45, 7) is 7.74. The highest BCUT2D eigenvalue weighted by Crippen LogP contribution is 2.21. The fourth-order valence-electron chi connectivity index (χ4n) is 2.86. The maximum Gasteiger partial charge on any atom is 0.257 e. The van der Waals surface area contributed by atoms with Gasteiger partial charge >= 0.3 is 0 Å². The van der Waals surface area contributed by atoms with Crippen molar-refractivity contribution in [3.63, 3.8) is 0 Å². The zero-order valence-corrected chi connectivity index (χ0v) is 12.9. The third kappa shape index (κ3) is 3.54. The molecule has 5 nitrogen and oxygen atoms in total. The Morgan fingerprint density at radius 3 is 2.52 bits per heavy atom. The molecule has 1 heterocycles. The number of phenolic OH excluding ortho intramolecular Hbond substituents is 1. The molecule has 1 aliphatic rings. The number of amides is 1. The number of carbonyl (C=O) groups excluding carboxylic acids is 1. The largest absolute Gasteiger partial charge is 0.507 e. The number of rotatable bonds is 4. The summed E-state index contributed by atoms with van der Waals surface area (Å²) in [7, 11) is 0. The number of aromatic hydroxyl groups is 1. The number of hydrogen-bond donors (Lipinski definition) is 2. The topological polar surface area (TPSA) is 69.8 Å². The van der Waals surface area contributed by atoms with E-state index < -0.39 is 0 Å². The molecule has 5 heteroatoms. The van der Waals surface area contributed by atoms with Crippen molar-refractivity contribution in [3.8, 4) is 5.75 Å². The molecule has 0 radical (unpaired) electrons. The maximum absolute atomic E-state index is 12.5. The van der Waals surface area contributed by atoms with Crippen molar-refractivity contribution >= 4 is 5.91 Å². The first-order valence-electron chi connectivity index (χ1n) is 7.59. The van der Waals surface area contributed by atoms with Crippen LogP contribution in [0.15, 0.2) is 18.2 Å². The Morgan fingerprint density at radius 1 is 1.33 bits per heavy atom. The van der Waals surface area contributed by atoms with Crippen molar-refractivity contribution in [2.45, 2.75) is 26.3 Å². The molecule has 0 bridgehead atoms. The molecule has 1 aromatic carbocycles. The lowest BCUT2D eigenvalue weighted by atomic mass is 10.1. The second kappa shape index (κ2) is 6.91. The van der Waals surface area contributed by atoms with Gasteiger partial charge < -0.3 is 15.7 Å². The van der Waals surface area contributed by atoms with Crippen LogP contribution in [0.3, 0.4) is 0 Å². The number of nitrogens with zero attached hydrogens (tertiary/aromatic N) is 2. The second-order valence-electron chi connectivity index (χ2n) is 5.65. The number of piperazine rings is 1. The van der Waals surface area contributed by atoms with Crippen LogP contribution < -0.4 is 5.73 Å². The number of aryl methyl sites for hydroxylation is 1. The number of carbonyl (C=O) groups is 1. The van der Waals surface area contributed by atoms with Gasteiger partial charge in [0.2, 0.25) is 0 Å². The third-order valence-electron chi connectivity index (χ3n) is 4.24. The van der Waals surface area contributed by atoms with Crippen LogP contribution in [0.4, 0.5) is 0 Å². The highest BCUT2D eigenvalue weighted by Gasteiger charge is 2.26. The van der Waals surface area contributed by atoms with Crippen LogP contribution in [-0.2, 0) is 0 Å². The normalized spacial score (nSPS) is 17.8. The zero-order chi connectivity index (χ0) is 15.4. The van der Waals surface area contributed by atoms with E-state index in [2.05, 4.69) is 11.8 Å². The van der Waals surface area contributed by atoms with Crippen molar-refractivity contribution in [1.29, 1.82) is 0 Å². The average Bonchev–Trinajstić information content (AvgIpc) is 2.48. The van der Waals surface area contributed by atoms with Gasteiger partial charge in [-0.05, 0) is 31.0 Å². The third-order valence-corrected chi connectivity index (χ3v) is 4.24. The molecular weight excluding hydrogens is 266 g/mol. The summed E-state index contributed by atoms with van der Waals surface area (Å²) in [5.41, 5.74) is 7.11. The minimum absolute atomic E-state index is 0.0656. The number of phenols is 1. The quantitative estimate of drug-likeness (QED) is 0.874. The van der Waals surface area contributed by atoms with E-state index in [9.17, 15) is 9.90 Å². The molecule has 1 fully saturated rings. The molecule has 116 valence electrons. The van der Waals surface area contributed by atoms with E-state index >= 15 is 0 Å². The lowest BCUT2D eigenvalue weighted by molar-refractivity contribution is 0.0569. The van der Waals surface area contributed by atoms with E-state index in [1.807, 2.05) is 17.9 Å². The minimum Gasteiger partial charge on any atom is -0.507 e. The second-order valence-corrected chi connectivity index (χ2v) is 5.65. The molecular formula is C16H25N3O2. The monoisotopic (exact) mass is 291 g/mol. The van der Waals surface area contributed by atoms with Crippen molar-refractivity contribution in [2.24, 2.45) is 5.73 Å². The molecule has 1 unspecified atom stereocenters. The summed E-state index contributed by atoms with van der Waals surface area (Å²) < 4.78 is 0. The van der Waals surface area contributed by atoms with Crippen molar-refractivity contribution in [1.82, 2.24) is 9.80 Å². The first kappa shape index (κ1) is 15.8. The molecule has 1 atom stereocenters. The van der Waals surface area contributed by atoms with E-state index in [0.29, 0.717) is 31.2 Å². The first-order valence-corrected chi connectivity index (χ1v) is 7.59. The van der Waals surface area contributed by atoms with Crippen LogP contribution in [0.1, 0.15) is 29.3 Å². The SMILES string of the molecule is CCC(CN)N1CCN(C(=O)c2ccc(C)cc2O)CC1. The van der Waals surface area contributed by atoms with Crippen molar-refractivity contribution in [3.05, 3.63) is 29.3 Å². The van der Waals surface area contributed by atoms with Gasteiger partial charge in [-0.25, -0.2) is 0 Å². The van der Waals surface area contributed by atoms with Crippen LogP contribution in [0, 0.1) is 6.92 Å². The predicted octanol–water partition coefficient (Wildman–Crippen LogP) is 1.20. The Balaban J connectivity index is 2.00. The molecule has 0 aliphatic carbocycles. The summed E-state index contributed by atoms with van der Waals surface area (Å²) >= 11 is 0. The Labute approximate surface area is 126 Å². The van der Waals surface area contributed by atoms with Crippen LogP contribution in [0.5, 0.6) is 5.75 Å². The molecule has 0 saturated carbocycles. The van der Waals surface area contributed by atoms with Gasteiger partial charge in [0.15, 0.2) is 0 Å². The lowest BCUT2D eigenvalue weighted by Gasteiger charge is -2.38. The molecule has 1 aliphatic heterocycles. The summed E-state index contributed by atoms with van der Waals surface area (Å²) in [5.74, 6) is -0.0243. The highest BCUT2D eigenvalue weighted by molar-refractivity contribution is 5.97. The van der Waals surface area contributed by atoms with Crippen LogP contribution >= 0.6 is 0 Å². The van der Waals surface area contributed by atoms with Gasteiger partial charge in [-0.15, -0.1) is 0 Å². The molecule has 1 saturated heterocycles. The molecule has 1 aromatic rings. The van der Waals surface area contributed by atoms with Crippen molar-refractivity contribution < 1.29 is 9.90 Å². The standard InChI is InChI=1S/C16H25N3O2/c1-3-13(11-17)18-6-8-19(9-7-18)16(21)14-5-4-12(2)10-15(14)20/h4-5,10,13,20H,3,6-9,11,17H2,1-2H3. The summed E-state index contributed by atoms with van der Waals surface area (Å²) in [6.07, 6.45) is 1.03. The summed E-state index contributed by atoms with van der Waals surface area (Å²) in [4.78, 5) is 16.6. The summed E-state index contributed by atoms with van der Waals surface area (Å²) in [5, 5.41) is 9.93. The number of benzene rings is 1. The zero-order valence-electron chi connectivity index (χ0n) is 12.9. The predicted molar refractivity (Wildman–Crippen MR) is 83.5 cm³/mol. The van der Waals surface area contributed by atoms with Gasteiger partial charge in [0.1, 0.15) is 5.75 Å². The van der Waals surface area contributed by atoms with Crippen LogP contribution in [0.2, 0.25) is 0 Å². The van der Waals surface area contributed by atoms with Gasteiger partial charge in [-0.2, -0.15) is 0 Å². The number of nitrogens with two attached hydrogens (primary N) is 1. The van der Waals surface area contributed by atoms with E-state index in [4.69, 9.17) is 5.73 Å². The number of hydrogen-bond acceptors (Lipinski definition) is 4. The van der Waals surface area contributed by atoms with Gasteiger partial charge in [-0.3, -0.25) is 9.69 Å². The smallest absolute Gasteiger partial charge is 0.257 e. The minimum atomic E-state index is -0.0899.